The van der Waals surface area contributed by atoms with Gasteiger partial charge in [-0.1, -0.05) is 34.1 Å². The maximum atomic E-state index is 12.1. The molecule has 0 saturated heterocycles. The zero-order valence-corrected chi connectivity index (χ0v) is 12.9. The number of alkyl halides is 3. The van der Waals surface area contributed by atoms with Gasteiger partial charge in [0.1, 0.15) is 0 Å². The number of rotatable bonds is 4. The summed E-state index contributed by atoms with van der Waals surface area (Å²) in [7, 11) is 3.33. The molecule has 0 unspecified atom stereocenters. The van der Waals surface area contributed by atoms with Crippen LogP contribution in [0.2, 0.25) is 0 Å². The van der Waals surface area contributed by atoms with Gasteiger partial charge in [0.15, 0.2) is 5.96 Å². The fourth-order valence-corrected chi connectivity index (χ4v) is 2.07. The number of hydrogen-bond donors (Lipinski definition) is 1. The topological polar surface area (TPSA) is 27.6 Å². The maximum Gasteiger partial charge on any atom is 0.390 e. The van der Waals surface area contributed by atoms with Crippen molar-refractivity contribution < 1.29 is 13.2 Å². The van der Waals surface area contributed by atoms with Crippen LogP contribution in [0.1, 0.15) is 12.0 Å². The number of hydrogen-bond acceptors (Lipinski definition) is 1. The van der Waals surface area contributed by atoms with E-state index in [4.69, 9.17) is 0 Å². The third-order valence-corrected chi connectivity index (χ3v) is 3.40. The zero-order valence-electron chi connectivity index (χ0n) is 11.3. The van der Waals surface area contributed by atoms with Gasteiger partial charge in [-0.05, 0) is 11.6 Å². The molecule has 0 aliphatic heterocycles. The molecule has 1 aromatic carbocycles. The van der Waals surface area contributed by atoms with Crippen molar-refractivity contribution in [2.24, 2.45) is 4.99 Å². The van der Waals surface area contributed by atoms with Crippen molar-refractivity contribution in [1.29, 1.82) is 0 Å². The van der Waals surface area contributed by atoms with E-state index in [-0.39, 0.29) is 6.54 Å². The van der Waals surface area contributed by atoms with Gasteiger partial charge in [-0.15, -0.1) is 0 Å². The second-order valence-corrected chi connectivity index (χ2v) is 5.14. The summed E-state index contributed by atoms with van der Waals surface area (Å²) >= 11 is 3.44. The minimum Gasteiger partial charge on any atom is -0.356 e. The Kier molecular flexibility index (Phi) is 6.32. The number of nitrogens with zero attached hydrogens (tertiary/aromatic N) is 2. The van der Waals surface area contributed by atoms with Gasteiger partial charge in [0.25, 0.3) is 0 Å². The van der Waals surface area contributed by atoms with Crippen LogP contribution in [0.3, 0.4) is 0 Å². The monoisotopic (exact) mass is 351 g/mol. The third-order valence-electron chi connectivity index (χ3n) is 2.63. The van der Waals surface area contributed by atoms with Crippen molar-refractivity contribution in [3.05, 3.63) is 34.3 Å². The van der Waals surface area contributed by atoms with E-state index >= 15 is 0 Å². The SMILES string of the molecule is CN=C(NCCC(F)(F)F)N(C)Cc1ccccc1Br. The highest BCUT2D eigenvalue weighted by Gasteiger charge is 2.26. The Morgan fingerprint density at radius 3 is 2.55 bits per heavy atom. The minimum atomic E-state index is -4.16. The molecule has 1 rings (SSSR count). The molecule has 1 N–H and O–H groups in total. The molecule has 0 bridgehead atoms. The smallest absolute Gasteiger partial charge is 0.356 e. The fourth-order valence-electron chi connectivity index (χ4n) is 1.66. The molecule has 0 atom stereocenters. The van der Waals surface area contributed by atoms with Crippen molar-refractivity contribution in [1.82, 2.24) is 10.2 Å². The standard InChI is InChI=1S/C13H17BrF3N3/c1-18-12(19-8-7-13(15,16)17)20(2)9-10-5-3-4-6-11(10)14/h3-6H,7-9H2,1-2H3,(H,18,19). The molecule has 7 heteroatoms. The highest BCUT2D eigenvalue weighted by atomic mass is 79.9. The van der Waals surface area contributed by atoms with E-state index in [0.29, 0.717) is 12.5 Å². The molecule has 0 fully saturated rings. The summed E-state index contributed by atoms with van der Waals surface area (Å²) in [6.07, 6.45) is -5.04. The number of aliphatic imine (C=N–C) groups is 1. The molecule has 1 aromatic rings. The van der Waals surface area contributed by atoms with Crippen molar-refractivity contribution >= 4 is 21.9 Å². The summed E-state index contributed by atoms with van der Waals surface area (Å²) in [5.41, 5.74) is 1.04. The molecule has 0 heterocycles. The first-order valence-corrected chi connectivity index (χ1v) is 6.84. The van der Waals surface area contributed by atoms with Crippen LogP contribution in [0.4, 0.5) is 13.2 Å². The van der Waals surface area contributed by atoms with Crippen molar-refractivity contribution in [3.8, 4) is 0 Å². The Hall–Kier alpha value is -1.24. The van der Waals surface area contributed by atoms with Crippen molar-refractivity contribution in [3.63, 3.8) is 0 Å². The molecule has 0 saturated carbocycles. The summed E-state index contributed by atoms with van der Waals surface area (Å²) in [4.78, 5) is 5.76. The lowest BCUT2D eigenvalue weighted by Gasteiger charge is -2.23. The molecule has 0 aliphatic carbocycles. The number of guanidine groups is 1. The molecule has 0 amide bonds. The van der Waals surface area contributed by atoms with Crippen LogP contribution in [-0.2, 0) is 6.54 Å². The van der Waals surface area contributed by atoms with E-state index in [9.17, 15) is 13.2 Å². The van der Waals surface area contributed by atoms with Gasteiger partial charge >= 0.3 is 6.18 Å². The largest absolute Gasteiger partial charge is 0.390 e. The van der Waals surface area contributed by atoms with Gasteiger partial charge in [-0.25, -0.2) is 0 Å². The van der Waals surface area contributed by atoms with Gasteiger partial charge in [0.05, 0.1) is 6.42 Å². The van der Waals surface area contributed by atoms with E-state index in [0.717, 1.165) is 10.0 Å². The summed E-state index contributed by atoms with van der Waals surface area (Å²) in [6.45, 7) is 0.365. The maximum absolute atomic E-state index is 12.1. The molecule has 0 aromatic heterocycles. The lowest BCUT2D eigenvalue weighted by Crippen LogP contribution is -2.39. The first kappa shape index (κ1) is 16.8. The first-order chi connectivity index (χ1) is 9.33. The number of halogens is 4. The van der Waals surface area contributed by atoms with Crippen LogP contribution in [-0.4, -0.2) is 37.7 Å². The highest BCUT2D eigenvalue weighted by Crippen LogP contribution is 2.19. The lowest BCUT2D eigenvalue weighted by atomic mass is 10.2. The second-order valence-electron chi connectivity index (χ2n) is 4.29. The van der Waals surface area contributed by atoms with Crippen LogP contribution < -0.4 is 5.32 Å². The Morgan fingerprint density at radius 2 is 2.00 bits per heavy atom. The van der Waals surface area contributed by atoms with E-state index in [1.54, 1.807) is 19.0 Å². The van der Waals surface area contributed by atoms with E-state index in [1.807, 2.05) is 24.3 Å². The Morgan fingerprint density at radius 1 is 1.35 bits per heavy atom. The number of benzene rings is 1. The van der Waals surface area contributed by atoms with Gasteiger partial charge in [0.2, 0.25) is 0 Å². The summed E-state index contributed by atoms with van der Waals surface area (Å²) in [6, 6.07) is 7.68. The van der Waals surface area contributed by atoms with Gasteiger partial charge < -0.3 is 10.2 Å². The quantitative estimate of drug-likeness (QED) is 0.664. The molecule has 0 radical (unpaired) electrons. The van der Waals surface area contributed by atoms with Gasteiger partial charge in [-0.2, -0.15) is 13.2 Å². The molecule has 0 aliphatic rings. The van der Waals surface area contributed by atoms with Crippen LogP contribution in [0.25, 0.3) is 0 Å². The minimum absolute atomic E-state index is 0.184. The molecular formula is C13H17BrF3N3. The average Bonchev–Trinajstić information content (AvgIpc) is 2.36. The van der Waals surface area contributed by atoms with E-state index in [2.05, 4.69) is 26.2 Å². The summed E-state index contributed by atoms with van der Waals surface area (Å²) < 4.78 is 37.3. The van der Waals surface area contributed by atoms with Crippen molar-refractivity contribution in [2.45, 2.75) is 19.1 Å². The molecule has 20 heavy (non-hydrogen) atoms. The van der Waals surface area contributed by atoms with Crippen LogP contribution in [0.15, 0.2) is 33.7 Å². The molecule has 3 nitrogen and oxygen atoms in total. The Labute approximate surface area is 125 Å². The summed E-state index contributed by atoms with van der Waals surface area (Å²) in [5, 5.41) is 2.71. The molecule has 0 spiro atoms. The fraction of sp³-hybridized carbons (Fsp3) is 0.462. The predicted molar refractivity (Wildman–Crippen MR) is 77.6 cm³/mol. The van der Waals surface area contributed by atoms with E-state index in [1.165, 1.54) is 0 Å². The van der Waals surface area contributed by atoms with Crippen LogP contribution in [0.5, 0.6) is 0 Å². The van der Waals surface area contributed by atoms with Crippen LogP contribution in [0, 0.1) is 0 Å². The van der Waals surface area contributed by atoms with E-state index < -0.39 is 12.6 Å². The number of nitrogens with one attached hydrogen (secondary N) is 1. The Bertz CT molecular complexity index is 460. The molecular weight excluding hydrogens is 335 g/mol. The normalized spacial score (nSPS) is 12.4. The van der Waals surface area contributed by atoms with Gasteiger partial charge in [0, 0.05) is 31.7 Å². The predicted octanol–water partition coefficient (Wildman–Crippen LogP) is 3.41. The van der Waals surface area contributed by atoms with Gasteiger partial charge in [-0.3, -0.25) is 4.99 Å². The first-order valence-electron chi connectivity index (χ1n) is 6.05. The van der Waals surface area contributed by atoms with Crippen molar-refractivity contribution in [2.75, 3.05) is 20.6 Å². The highest BCUT2D eigenvalue weighted by molar-refractivity contribution is 9.10. The molecule has 112 valence electrons. The summed E-state index contributed by atoms with van der Waals surface area (Å²) in [5.74, 6) is 0.435. The second kappa shape index (κ2) is 7.52. The Balaban J connectivity index is 2.56. The van der Waals surface area contributed by atoms with Crippen LogP contribution >= 0.6 is 15.9 Å². The lowest BCUT2D eigenvalue weighted by molar-refractivity contribution is -0.132. The third kappa shape index (κ3) is 5.81. The zero-order chi connectivity index (χ0) is 15.2. The average molecular weight is 352 g/mol.